The largest absolute Gasteiger partial charge is 0.297 e. The first kappa shape index (κ1) is 12.9. The molecular formula is C14H21NO. The van der Waals surface area contributed by atoms with E-state index < -0.39 is 5.54 Å². The van der Waals surface area contributed by atoms with Crippen molar-refractivity contribution in [2.45, 2.75) is 32.7 Å². The average molecular weight is 219 g/mol. The molecule has 88 valence electrons. The van der Waals surface area contributed by atoms with E-state index >= 15 is 0 Å². The molecule has 0 aliphatic heterocycles. The molecule has 0 bridgehead atoms. The Morgan fingerprint density at radius 3 is 2.31 bits per heavy atom. The number of nitrogens with zero attached hydrogens (tertiary/aromatic N) is 1. The van der Waals surface area contributed by atoms with Gasteiger partial charge < -0.3 is 0 Å². The molecule has 0 aliphatic rings. The van der Waals surface area contributed by atoms with Gasteiger partial charge in [-0.05, 0) is 39.9 Å². The average Bonchev–Trinajstić information content (AvgIpc) is 2.27. The van der Waals surface area contributed by atoms with Crippen LogP contribution in [-0.2, 0) is 6.42 Å². The van der Waals surface area contributed by atoms with Gasteiger partial charge in [0.15, 0.2) is 5.78 Å². The molecule has 0 saturated heterocycles. The first-order chi connectivity index (χ1) is 7.41. The van der Waals surface area contributed by atoms with E-state index in [0.29, 0.717) is 0 Å². The van der Waals surface area contributed by atoms with E-state index in [2.05, 4.69) is 6.92 Å². The Morgan fingerprint density at radius 2 is 1.81 bits per heavy atom. The molecule has 0 unspecified atom stereocenters. The molecular weight excluding hydrogens is 198 g/mol. The zero-order valence-electron chi connectivity index (χ0n) is 10.9. The minimum atomic E-state index is -0.453. The van der Waals surface area contributed by atoms with Gasteiger partial charge >= 0.3 is 0 Å². The van der Waals surface area contributed by atoms with E-state index in [1.54, 1.807) is 0 Å². The van der Waals surface area contributed by atoms with E-state index in [4.69, 9.17) is 0 Å². The van der Waals surface area contributed by atoms with Gasteiger partial charge in [0.2, 0.25) is 0 Å². The van der Waals surface area contributed by atoms with Crippen molar-refractivity contribution in [1.29, 1.82) is 0 Å². The van der Waals surface area contributed by atoms with Gasteiger partial charge in [-0.15, -0.1) is 0 Å². The number of ketones is 1. The number of carbonyl (C=O) groups is 1. The topological polar surface area (TPSA) is 20.3 Å². The zero-order valence-corrected chi connectivity index (χ0v) is 10.9. The fraction of sp³-hybridized carbons (Fsp3) is 0.500. The van der Waals surface area contributed by atoms with Crippen LogP contribution < -0.4 is 0 Å². The van der Waals surface area contributed by atoms with Gasteiger partial charge in [-0.25, -0.2) is 0 Å². The second-order valence-corrected chi connectivity index (χ2v) is 4.79. The normalized spacial score (nSPS) is 11.9. The van der Waals surface area contributed by atoms with E-state index in [0.717, 1.165) is 17.5 Å². The fourth-order valence-electron chi connectivity index (χ4n) is 1.58. The fourth-order valence-corrected chi connectivity index (χ4v) is 1.58. The Labute approximate surface area is 98.3 Å². The van der Waals surface area contributed by atoms with E-state index in [1.165, 1.54) is 0 Å². The Kier molecular flexibility index (Phi) is 3.87. The molecule has 0 spiro atoms. The lowest BCUT2D eigenvalue weighted by atomic mass is 9.89. The van der Waals surface area contributed by atoms with Crippen LogP contribution in [0.15, 0.2) is 24.3 Å². The van der Waals surface area contributed by atoms with E-state index in [9.17, 15) is 4.79 Å². The molecule has 0 atom stereocenters. The molecule has 1 aromatic carbocycles. The van der Waals surface area contributed by atoms with Crippen LogP contribution in [0.2, 0.25) is 0 Å². The third-order valence-electron chi connectivity index (χ3n) is 3.32. The highest BCUT2D eigenvalue weighted by atomic mass is 16.1. The molecule has 2 heteroatoms. The first-order valence-corrected chi connectivity index (χ1v) is 5.71. The quantitative estimate of drug-likeness (QED) is 0.726. The van der Waals surface area contributed by atoms with Gasteiger partial charge in [-0.1, -0.05) is 31.2 Å². The van der Waals surface area contributed by atoms with Crippen LogP contribution in [-0.4, -0.2) is 30.3 Å². The number of likely N-dealkylation sites (N-methyl/N-ethyl adjacent to an activating group) is 1. The zero-order chi connectivity index (χ0) is 12.3. The lowest BCUT2D eigenvalue weighted by molar-refractivity contribution is 0.0754. The molecule has 0 N–H and O–H groups in total. The van der Waals surface area contributed by atoms with Crippen molar-refractivity contribution in [2.75, 3.05) is 14.1 Å². The van der Waals surface area contributed by atoms with Crippen molar-refractivity contribution in [2.24, 2.45) is 0 Å². The molecule has 0 aromatic heterocycles. The monoisotopic (exact) mass is 219 g/mol. The lowest BCUT2D eigenvalue weighted by Gasteiger charge is -2.31. The number of aryl methyl sites for hydroxylation is 1. The third-order valence-corrected chi connectivity index (χ3v) is 3.32. The minimum Gasteiger partial charge on any atom is -0.297 e. The predicted octanol–water partition coefficient (Wildman–Crippen LogP) is 2.77. The van der Waals surface area contributed by atoms with Crippen molar-refractivity contribution in [3.8, 4) is 0 Å². The summed E-state index contributed by atoms with van der Waals surface area (Å²) < 4.78 is 0. The second-order valence-electron chi connectivity index (χ2n) is 4.79. The van der Waals surface area contributed by atoms with Crippen molar-refractivity contribution in [1.82, 2.24) is 4.90 Å². The SMILES string of the molecule is CCc1ccccc1C(=O)C(C)(C)N(C)C. The standard InChI is InChI=1S/C14H21NO/c1-6-11-9-7-8-10-12(11)13(16)14(2,3)15(4)5/h7-10H,6H2,1-5H3. The summed E-state index contributed by atoms with van der Waals surface area (Å²) in [6, 6.07) is 7.86. The van der Waals surface area contributed by atoms with Gasteiger partial charge in [0, 0.05) is 5.56 Å². The minimum absolute atomic E-state index is 0.190. The highest BCUT2D eigenvalue weighted by Crippen LogP contribution is 2.20. The van der Waals surface area contributed by atoms with Crippen LogP contribution in [0.5, 0.6) is 0 Å². The van der Waals surface area contributed by atoms with Gasteiger partial charge in [0.05, 0.1) is 5.54 Å². The van der Waals surface area contributed by atoms with Crippen molar-refractivity contribution < 1.29 is 4.79 Å². The van der Waals surface area contributed by atoms with Crippen LogP contribution >= 0.6 is 0 Å². The maximum atomic E-state index is 12.4. The van der Waals surface area contributed by atoms with Crippen molar-refractivity contribution >= 4 is 5.78 Å². The second kappa shape index (κ2) is 4.79. The number of hydrogen-bond acceptors (Lipinski definition) is 2. The predicted molar refractivity (Wildman–Crippen MR) is 67.9 cm³/mol. The van der Waals surface area contributed by atoms with Gasteiger partial charge in [0.25, 0.3) is 0 Å². The van der Waals surface area contributed by atoms with Crippen LogP contribution in [0.3, 0.4) is 0 Å². The van der Waals surface area contributed by atoms with Gasteiger partial charge in [0.1, 0.15) is 0 Å². The molecule has 16 heavy (non-hydrogen) atoms. The summed E-state index contributed by atoms with van der Waals surface area (Å²) in [6.45, 7) is 6.00. The number of benzene rings is 1. The molecule has 1 rings (SSSR count). The summed E-state index contributed by atoms with van der Waals surface area (Å²) in [4.78, 5) is 14.4. The molecule has 0 saturated carbocycles. The number of hydrogen-bond donors (Lipinski definition) is 0. The Balaban J connectivity index is 3.14. The summed E-state index contributed by atoms with van der Waals surface area (Å²) in [5.74, 6) is 0.190. The van der Waals surface area contributed by atoms with Crippen molar-refractivity contribution in [3.05, 3.63) is 35.4 Å². The van der Waals surface area contributed by atoms with E-state index in [1.807, 2.05) is 57.1 Å². The number of rotatable bonds is 4. The maximum Gasteiger partial charge on any atom is 0.182 e. The highest BCUT2D eigenvalue weighted by Gasteiger charge is 2.31. The number of carbonyl (C=O) groups excluding carboxylic acids is 1. The van der Waals surface area contributed by atoms with Crippen LogP contribution in [0.1, 0.15) is 36.7 Å². The summed E-state index contributed by atoms with van der Waals surface area (Å²) >= 11 is 0. The van der Waals surface area contributed by atoms with Crippen LogP contribution in [0.25, 0.3) is 0 Å². The smallest absolute Gasteiger partial charge is 0.182 e. The van der Waals surface area contributed by atoms with Gasteiger partial charge in [-0.3, -0.25) is 9.69 Å². The third kappa shape index (κ3) is 2.33. The maximum absolute atomic E-state index is 12.4. The molecule has 0 aliphatic carbocycles. The molecule has 1 aromatic rings. The summed E-state index contributed by atoms with van der Waals surface area (Å²) in [7, 11) is 3.87. The molecule has 0 fully saturated rings. The van der Waals surface area contributed by atoms with Crippen LogP contribution in [0.4, 0.5) is 0 Å². The lowest BCUT2D eigenvalue weighted by Crippen LogP contribution is -2.46. The number of Topliss-reactive ketones (excluding diaryl/α,β-unsaturated/α-hetero) is 1. The van der Waals surface area contributed by atoms with Crippen molar-refractivity contribution in [3.63, 3.8) is 0 Å². The Bertz CT molecular complexity index is 380. The molecule has 2 nitrogen and oxygen atoms in total. The Hall–Kier alpha value is -1.15. The highest BCUT2D eigenvalue weighted by molar-refractivity contribution is 6.03. The summed E-state index contributed by atoms with van der Waals surface area (Å²) in [5, 5.41) is 0. The summed E-state index contributed by atoms with van der Waals surface area (Å²) in [6.07, 6.45) is 0.894. The van der Waals surface area contributed by atoms with E-state index in [-0.39, 0.29) is 5.78 Å². The summed E-state index contributed by atoms with van der Waals surface area (Å²) in [5.41, 5.74) is 1.52. The Morgan fingerprint density at radius 1 is 1.25 bits per heavy atom. The van der Waals surface area contributed by atoms with Gasteiger partial charge in [-0.2, -0.15) is 0 Å². The first-order valence-electron chi connectivity index (χ1n) is 5.71. The van der Waals surface area contributed by atoms with Crippen LogP contribution in [0, 0.1) is 0 Å². The molecule has 0 heterocycles. The molecule has 0 amide bonds. The molecule has 0 radical (unpaired) electrons.